The summed E-state index contributed by atoms with van der Waals surface area (Å²) in [5, 5.41) is 0. The molecule has 0 radical (unpaired) electrons. The molecule has 3 amide bonds. The maximum Gasteiger partial charge on any atom is 0.327 e. The molecule has 90 valence electrons. The average molecular weight is 315 g/mol. The van der Waals surface area contributed by atoms with Crippen molar-refractivity contribution in [1.29, 1.82) is 0 Å². The van der Waals surface area contributed by atoms with Gasteiger partial charge in [-0.1, -0.05) is 0 Å². The molecule has 4 nitrogen and oxygen atoms in total. The van der Waals surface area contributed by atoms with Crippen LogP contribution in [0.25, 0.3) is 0 Å². The van der Waals surface area contributed by atoms with E-state index in [2.05, 4.69) is 15.9 Å². The number of carbonyl (C=O) groups excluding carboxylic acids is 2. The molecule has 2 fully saturated rings. The molecule has 6 heteroatoms. The van der Waals surface area contributed by atoms with Crippen molar-refractivity contribution in [2.24, 2.45) is 0 Å². The maximum absolute atomic E-state index is 12.1. The van der Waals surface area contributed by atoms with Crippen LogP contribution in [0, 0.1) is 0 Å². The molecule has 1 aromatic rings. The Bertz CT molecular complexity index is 466. The van der Waals surface area contributed by atoms with E-state index < -0.39 is 0 Å². The Morgan fingerprint density at radius 2 is 2.24 bits per heavy atom. The summed E-state index contributed by atoms with van der Waals surface area (Å²) in [6.45, 7) is 1.13. The molecular formula is C11H11BrN2O2S. The average Bonchev–Trinajstić information content (AvgIpc) is 2.96. The Morgan fingerprint density at radius 1 is 1.41 bits per heavy atom. The van der Waals surface area contributed by atoms with E-state index in [1.165, 1.54) is 4.90 Å². The van der Waals surface area contributed by atoms with Gasteiger partial charge in [0.15, 0.2) is 0 Å². The van der Waals surface area contributed by atoms with Crippen molar-refractivity contribution in [2.75, 3.05) is 6.54 Å². The van der Waals surface area contributed by atoms with Gasteiger partial charge in [-0.15, -0.1) is 11.3 Å². The first kappa shape index (κ1) is 11.2. The number of hydrogen-bond acceptors (Lipinski definition) is 3. The molecule has 0 aromatic carbocycles. The standard InChI is InChI=1S/C11H11BrN2O2S/c12-9-4-3-7(17-9)6-14-10(15)8-2-1-5-13(8)11(14)16/h3-4,8H,1-2,5-6H2/t8-/m1/s1. The van der Waals surface area contributed by atoms with Gasteiger partial charge < -0.3 is 4.90 Å². The topological polar surface area (TPSA) is 40.6 Å². The van der Waals surface area contributed by atoms with Crippen molar-refractivity contribution in [3.63, 3.8) is 0 Å². The lowest BCUT2D eigenvalue weighted by molar-refractivity contribution is -0.128. The fourth-order valence-corrected chi connectivity index (χ4v) is 3.89. The van der Waals surface area contributed by atoms with Gasteiger partial charge in [0.2, 0.25) is 0 Å². The zero-order chi connectivity index (χ0) is 12.0. The number of rotatable bonds is 2. The summed E-state index contributed by atoms with van der Waals surface area (Å²) in [6, 6.07) is 3.57. The van der Waals surface area contributed by atoms with Crippen LogP contribution in [0.2, 0.25) is 0 Å². The molecule has 0 aliphatic carbocycles. The SMILES string of the molecule is O=C1[C@H]2CCCN2C(=O)N1Cc1ccc(Br)s1. The zero-order valence-electron chi connectivity index (χ0n) is 9.06. The minimum atomic E-state index is -0.189. The van der Waals surface area contributed by atoms with Crippen LogP contribution >= 0.6 is 27.3 Å². The van der Waals surface area contributed by atoms with E-state index in [0.29, 0.717) is 6.54 Å². The van der Waals surface area contributed by atoms with Crippen molar-refractivity contribution in [1.82, 2.24) is 9.80 Å². The summed E-state index contributed by atoms with van der Waals surface area (Å²) < 4.78 is 1.02. The molecule has 0 N–H and O–H groups in total. The molecule has 2 aliphatic rings. The first-order chi connectivity index (χ1) is 8.16. The fraction of sp³-hybridized carbons (Fsp3) is 0.455. The summed E-state index contributed by atoms with van der Waals surface area (Å²) in [5.74, 6) is -0.0305. The van der Waals surface area contributed by atoms with Gasteiger partial charge in [-0.25, -0.2) is 4.79 Å². The number of amides is 3. The number of imide groups is 1. The van der Waals surface area contributed by atoms with Crippen LogP contribution in [-0.4, -0.2) is 34.3 Å². The quantitative estimate of drug-likeness (QED) is 0.787. The Labute approximate surface area is 111 Å². The second-order valence-corrected chi connectivity index (χ2v) is 6.81. The first-order valence-corrected chi connectivity index (χ1v) is 7.14. The van der Waals surface area contributed by atoms with Crippen LogP contribution < -0.4 is 0 Å². The largest absolute Gasteiger partial charge is 0.327 e. The van der Waals surface area contributed by atoms with Crippen LogP contribution in [-0.2, 0) is 11.3 Å². The van der Waals surface area contributed by atoms with Gasteiger partial charge in [0.05, 0.1) is 10.3 Å². The number of thiophene rings is 1. The van der Waals surface area contributed by atoms with E-state index in [0.717, 1.165) is 28.0 Å². The van der Waals surface area contributed by atoms with E-state index in [4.69, 9.17) is 0 Å². The second-order valence-electron chi connectivity index (χ2n) is 4.26. The Kier molecular flexibility index (Phi) is 2.71. The summed E-state index contributed by atoms with van der Waals surface area (Å²) in [5.41, 5.74) is 0. The number of nitrogens with zero attached hydrogens (tertiary/aromatic N) is 2. The van der Waals surface area contributed by atoms with Crippen molar-refractivity contribution >= 4 is 39.2 Å². The third-order valence-corrected chi connectivity index (χ3v) is 4.83. The van der Waals surface area contributed by atoms with Crippen molar-refractivity contribution in [3.05, 3.63) is 20.8 Å². The normalized spacial score (nSPS) is 23.7. The minimum absolute atomic E-state index is 0.0305. The van der Waals surface area contributed by atoms with Crippen LogP contribution in [0.15, 0.2) is 15.9 Å². The van der Waals surface area contributed by atoms with Crippen molar-refractivity contribution in [3.8, 4) is 0 Å². The summed E-state index contributed by atoms with van der Waals surface area (Å²) >= 11 is 4.94. The number of urea groups is 1. The number of halogens is 1. The smallest absolute Gasteiger partial charge is 0.312 e. The van der Waals surface area contributed by atoms with E-state index in [-0.39, 0.29) is 18.0 Å². The van der Waals surface area contributed by atoms with E-state index >= 15 is 0 Å². The number of carbonyl (C=O) groups is 2. The minimum Gasteiger partial charge on any atom is -0.312 e. The lowest BCUT2D eigenvalue weighted by Gasteiger charge is -2.14. The third-order valence-electron chi connectivity index (χ3n) is 3.22. The van der Waals surface area contributed by atoms with Crippen molar-refractivity contribution in [2.45, 2.75) is 25.4 Å². The molecule has 1 atom stereocenters. The van der Waals surface area contributed by atoms with E-state index in [1.54, 1.807) is 16.2 Å². The maximum atomic E-state index is 12.1. The Hall–Kier alpha value is -0.880. The lowest BCUT2D eigenvalue weighted by atomic mass is 10.2. The summed E-state index contributed by atoms with van der Waals surface area (Å²) in [7, 11) is 0. The summed E-state index contributed by atoms with van der Waals surface area (Å²) in [4.78, 5) is 28.2. The molecule has 3 heterocycles. The van der Waals surface area contributed by atoms with Gasteiger partial charge in [-0.3, -0.25) is 9.69 Å². The van der Waals surface area contributed by atoms with Crippen molar-refractivity contribution < 1.29 is 9.59 Å². The highest BCUT2D eigenvalue weighted by atomic mass is 79.9. The van der Waals surface area contributed by atoms with Crippen LogP contribution in [0.5, 0.6) is 0 Å². The molecule has 0 unspecified atom stereocenters. The Balaban J connectivity index is 1.80. The Morgan fingerprint density at radius 3 is 2.88 bits per heavy atom. The predicted molar refractivity (Wildman–Crippen MR) is 67.7 cm³/mol. The molecule has 1 aromatic heterocycles. The number of hydrogen-bond donors (Lipinski definition) is 0. The first-order valence-electron chi connectivity index (χ1n) is 5.53. The fourth-order valence-electron chi connectivity index (χ4n) is 2.42. The molecule has 0 saturated carbocycles. The highest BCUT2D eigenvalue weighted by molar-refractivity contribution is 9.11. The molecule has 2 saturated heterocycles. The summed E-state index contributed by atoms with van der Waals surface area (Å²) in [6.07, 6.45) is 1.76. The highest BCUT2D eigenvalue weighted by Crippen LogP contribution is 2.30. The van der Waals surface area contributed by atoms with Crippen LogP contribution in [0.1, 0.15) is 17.7 Å². The van der Waals surface area contributed by atoms with Gasteiger partial charge in [0, 0.05) is 11.4 Å². The third kappa shape index (κ3) is 1.79. The van der Waals surface area contributed by atoms with Gasteiger partial charge in [-0.05, 0) is 40.9 Å². The lowest BCUT2D eigenvalue weighted by Crippen LogP contribution is -2.32. The molecule has 17 heavy (non-hydrogen) atoms. The van der Waals surface area contributed by atoms with E-state index in [1.807, 2.05) is 12.1 Å². The monoisotopic (exact) mass is 314 g/mol. The highest BCUT2D eigenvalue weighted by Gasteiger charge is 2.47. The molecule has 3 rings (SSSR count). The molecule has 0 spiro atoms. The zero-order valence-corrected chi connectivity index (χ0v) is 11.5. The molecule has 2 aliphatic heterocycles. The second kappa shape index (κ2) is 4.10. The molecule has 0 bridgehead atoms. The van der Waals surface area contributed by atoms with Crippen LogP contribution in [0.3, 0.4) is 0 Å². The van der Waals surface area contributed by atoms with E-state index in [9.17, 15) is 9.59 Å². The van der Waals surface area contributed by atoms with Gasteiger partial charge >= 0.3 is 6.03 Å². The molecular weight excluding hydrogens is 304 g/mol. The van der Waals surface area contributed by atoms with Crippen LogP contribution in [0.4, 0.5) is 4.79 Å². The predicted octanol–water partition coefficient (Wildman–Crippen LogP) is 2.44. The van der Waals surface area contributed by atoms with Gasteiger partial charge in [0.25, 0.3) is 5.91 Å². The van der Waals surface area contributed by atoms with Gasteiger partial charge in [0.1, 0.15) is 6.04 Å². The van der Waals surface area contributed by atoms with Gasteiger partial charge in [-0.2, -0.15) is 0 Å². The number of fused-ring (bicyclic) bond motifs is 1.